The number of carbonyl (C=O) groups is 1. The Kier molecular flexibility index (Phi) is 6.21. The molecule has 4 N–H and O–H groups in total. The van der Waals surface area contributed by atoms with Gasteiger partial charge in [0.2, 0.25) is 11.9 Å². The molecule has 2 rings (SSSR count). The van der Waals surface area contributed by atoms with E-state index >= 15 is 0 Å². The van der Waals surface area contributed by atoms with Gasteiger partial charge < -0.3 is 21.3 Å². The fraction of sp³-hybridized carbons (Fsp3) is 0.312. The van der Waals surface area contributed by atoms with Gasteiger partial charge in [-0.1, -0.05) is 6.07 Å². The van der Waals surface area contributed by atoms with Gasteiger partial charge in [0.1, 0.15) is 11.4 Å². The number of nitrogens with zero attached hydrogens (tertiary/aromatic N) is 2. The van der Waals surface area contributed by atoms with Crippen molar-refractivity contribution in [2.24, 2.45) is 0 Å². The molecule has 0 radical (unpaired) electrons. The Morgan fingerprint density at radius 3 is 2.58 bits per heavy atom. The van der Waals surface area contributed by atoms with Crippen LogP contribution in [0.4, 0.5) is 36.3 Å². The van der Waals surface area contributed by atoms with E-state index in [-0.39, 0.29) is 30.8 Å². The van der Waals surface area contributed by atoms with Gasteiger partial charge in [0.15, 0.2) is 0 Å². The van der Waals surface area contributed by atoms with Crippen LogP contribution in [0.25, 0.3) is 0 Å². The van der Waals surface area contributed by atoms with E-state index in [1.54, 1.807) is 25.2 Å². The minimum atomic E-state index is -4.60. The Labute approximate surface area is 148 Å². The van der Waals surface area contributed by atoms with Crippen LogP contribution in [-0.4, -0.2) is 36.0 Å². The Morgan fingerprint density at radius 2 is 1.92 bits per heavy atom. The second kappa shape index (κ2) is 8.37. The molecular weight excluding hydrogens is 349 g/mol. The first-order chi connectivity index (χ1) is 12.3. The van der Waals surface area contributed by atoms with Crippen molar-refractivity contribution in [1.82, 2.24) is 15.3 Å². The molecule has 0 bridgehead atoms. The number of alkyl halides is 3. The summed E-state index contributed by atoms with van der Waals surface area (Å²) in [5.74, 6) is -0.601. The van der Waals surface area contributed by atoms with E-state index in [0.29, 0.717) is 5.69 Å². The molecule has 0 aliphatic heterocycles. The molecule has 0 aliphatic rings. The third-order valence-corrected chi connectivity index (χ3v) is 3.29. The van der Waals surface area contributed by atoms with Crippen molar-refractivity contribution < 1.29 is 18.0 Å². The number of aromatic nitrogens is 2. The molecule has 0 spiro atoms. The minimum absolute atomic E-state index is 0.0216. The molecule has 0 saturated carbocycles. The van der Waals surface area contributed by atoms with Crippen molar-refractivity contribution in [2.45, 2.75) is 13.1 Å². The van der Waals surface area contributed by atoms with Crippen molar-refractivity contribution in [3.05, 3.63) is 36.0 Å². The number of anilines is 4. The number of carbonyl (C=O) groups excluding carboxylic acids is 1. The minimum Gasteiger partial charge on any atom is -0.388 e. The van der Waals surface area contributed by atoms with Gasteiger partial charge >= 0.3 is 6.18 Å². The monoisotopic (exact) mass is 368 g/mol. The molecule has 0 saturated heterocycles. The molecular formula is C16H19F3N6O. The SMILES string of the molecule is CNc1cccc(Nc2ncc(C(F)(F)F)c(NCCNC(C)=O)n2)c1. The summed E-state index contributed by atoms with van der Waals surface area (Å²) in [5.41, 5.74) is 0.478. The van der Waals surface area contributed by atoms with E-state index in [9.17, 15) is 18.0 Å². The average Bonchev–Trinajstić information content (AvgIpc) is 2.58. The zero-order valence-corrected chi connectivity index (χ0v) is 14.2. The highest BCUT2D eigenvalue weighted by molar-refractivity contribution is 5.72. The summed E-state index contributed by atoms with van der Waals surface area (Å²) in [6, 6.07) is 7.13. The van der Waals surface area contributed by atoms with Crippen LogP contribution < -0.4 is 21.3 Å². The molecule has 2 aromatic rings. The van der Waals surface area contributed by atoms with Crippen LogP contribution in [0.1, 0.15) is 12.5 Å². The molecule has 7 nitrogen and oxygen atoms in total. The van der Waals surface area contributed by atoms with Crippen LogP contribution in [0, 0.1) is 0 Å². The number of amides is 1. The molecule has 0 fully saturated rings. The molecule has 0 aliphatic carbocycles. The number of halogens is 3. The van der Waals surface area contributed by atoms with E-state index < -0.39 is 11.7 Å². The van der Waals surface area contributed by atoms with E-state index in [1.165, 1.54) is 6.92 Å². The van der Waals surface area contributed by atoms with E-state index in [4.69, 9.17) is 0 Å². The van der Waals surface area contributed by atoms with Gasteiger partial charge in [-0.2, -0.15) is 18.2 Å². The molecule has 1 aromatic heterocycles. The van der Waals surface area contributed by atoms with E-state index in [2.05, 4.69) is 31.2 Å². The standard InChI is InChI=1S/C16H19F3N6O/c1-10(26)21-6-7-22-14-13(16(17,18)19)9-23-15(25-14)24-12-5-3-4-11(8-12)20-2/h3-5,8-9,20H,6-7H2,1-2H3,(H,21,26)(H2,22,23,24,25). The Hall–Kier alpha value is -3.04. The summed E-state index contributed by atoms with van der Waals surface area (Å²) in [7, 11) is 1.75. The second-order valence-electron chi connectivity index (χ2n) is 5.32. The highest BCUT2D eigenvalue weighted by atomic mass is 19.4. The van der Waals surface area contributed by atoms with Crippen molar-refractivity contribution in [1.29, 1.82) is 0 Å². The average molecular weight is 368 g/mol. The third kappa shape index (κ3) is 5.50. The summed E-state index contributed by atoms with van der Waals surface area (Å²) in [5, 5.41) is 10.9. The van der Waals surface area contributed by atoms with E-state index in [0.717, 1.165) is 11.9 Å². The second-order valence-corrected chi connectivity index (χ2v) is 5.32. The van der Waals surface area contributed by atoms with Gasteiger partial charge in [-0.25, -0.2) is 4.98 Å². The zero-order chi connectivity index (χ0) is 19.2. The maximum atomic E-state index is 13.1. The lowest BCUT2D eigenvalue weighted by Crippen LogP contribution is -2.27. The molecule has 1 aromatic carbocycles. The lowest BCUT2D eigenvalue weighted by atomic mass is 10.2. The quantitative estimate of drug-likeness (QED) is 0.562. The van der Waals surface area contributed by atoms with Crippen LogP contribution >= 0.6 is 0 Å². The zero-order valence-electron chi connectivity index (χ0n) is 14.2. The maximum Gasteiger partial charge on any atom is 0.421 e. The van der Waals surface area contributed by atoms with Crippen LogP contribution in [0.2, 0.25) is 0 Å². The van der Waals surface area contributed by atoms with Gasteiger partial charge in [0, 0.05) is 44.6 Å². The highest BCUT2D eigenvalue weighted by Gasteiger charge is 2.35. The molecule has 0 atom stereocenters. The predicted molar refractivity (Wildman–Crippen MR) is 93.5 cm³/mol. The molecule has 1 amide bonds. The predicted octanol–water partition coefficient (Wildman–Crippen LogP) is 2.83. The van der Waals surface area contributed by atoms with Crippen molar-refractivity contribution in [3.8, 4) is 0 Å². The van der Waals surface area contributed by atoms with Crippen LogP contribution in [-0.2, 0) is 11.0 Å². The van der Waals surface area contributed by atoms with Crippen molar-refractivity contribution in [3.63, 3.8) is 0 Å². The molecule has 26 heavy (non-hydrogen) atoms. The first-order valence-corrected chi connectivity index (χ1v) is 7.77. The van der Waals surface area contributed by atoms with Gasteiger partial charge in [-0.05, 0) is 18.2 Å². The first kappa shape index (κ1) is 19.3. The Bertz CT molecular complexity index is 766. The molecule has 10 heteroatoms. The van der Waals surface area contributed by atoms with Gasteiger partial charge in [-0.15, -0.1) is 0 Å². The lowest BCUT2D eigenvalue weighted by molar-refractivity contribution is -0.137. The number of hydrogen-bond donors (Lipinski definition) is 4. The van der Waals surface area contributed by atoms with Gasteiger partial charge in [0.05, 0.1) is 0 Å². The van der Waals surface area contributed by atoms with E-state index in [1.807, 2.05) is 6.07 Å². The van der Waals surface area contributed by atoms with Crippen molar-refractivity contribution in [2.75, 3.05) is 36.1 Å². The molecule has 1 heterocycles. The number of hydrogen-bond acceptors (Lipinski definition) is 6. The van der Waals surface area contributed by atoms with Crippen molar-refractivity contribution >= 4 is 29.0 Å². The molecule has 140 valence electrons. The van der Waals surface area contributed by atoms with Gasteiger partial charge in [0.25, 0.3) is 0 Å². The van der Waals surface area contributed by atoms with Crippen LogP contribution in [0.3, 0.4) is 0 Å². The summed E-state index contributed by atoms with van der Waals surface area (Å²) in [4.78, 5) is 18.5. The summed E-state index contributed by atoms with van der Waals surface area (Å²) in [6.45, 7) is 1.59. The summed E-state index contributed by atoms with van der Waals surface area (Å²) >= 11 is 0. The smallest absolute Gasteiger partial charge is 0.388 e. The Balaban J connectivity index is 2.19. The third-order valence-electron chi connectivity index (χ3n) is 3.29. The first-order valence-electron chi connectivity index (χ1n) is 7.77. The number of rotatable bonds is 7. The Morgan fingerprint density at radius 1 is 1.19 bits per heavy atom. The number of nitrogens with one attached hydrogen (secondary N) is 4. The van der Waals surface area contributed by atoms with Crippen LogP contribution in [0.5, 0.6) is 0 Å². The maximum absolute atomic E-state index is 13.1. The van der Waals surface area contributed by atoms with Crippen LogP contribution in [0.15, 0.2) is 30.5 Å². The fourth-order valence-electron chi connectivity index (χ4n) is 2.09. The lowest BCUT2D eigenvalue weighted by Gasteiger charge is -2.15. The molecule has 0 unspecified atom stereocenters. The highest BCUT2D eigenvalue weighted by Crippen LogP contribution is 2.34. The number of benzene rings is 1. The summed E-state index contributed by atoms with van der Waals surface area (Å²) in [6.07, 6.45) is -3.88. The summed E-state index contributed by atoms with van der Waals surface area (Å²) < 4.78 is 39.4. The largest absolute Gasteiger partial charge is 0.421 e. The topological polar surface area (TPSA) is 91.0 Å². The van der Waals surface area contributed by atoms with Gasteiger partial charge in [-0.3, -0.25) is 4.79 Å². The normalized spacial score (nSPS) is 11.0. The fourth-order valence-corrected chi connectivity index (χ4v) is 2.09.